The van der Waals surface area contributed by atoms with Gasteiger partial charge in [-0.2, -0.15) is 0 Å². The molecule has 74 valence electrons. The number of rotatable bonds is 2. The fourth-order valence-electron chi connectivity index (χ4n) is 1.61. The van der Waals surface area contributed by atoms with Crippen molar-refractivity contribution in [2.24, 2.45) is 0 Å². The molecular formula is C14H13N. The topological polar surface area (TPSA) is 12.9 Å². The summed E-state index contributed by atoms with van der Waals surface area (Å²) in [5.74, 6) is 0. The lowest BCUT2D eigenvalue weighted by Gasteiger charge is -2.08. The Hall–Kier alpha value is -1.89. The van der Waals surface area contributed by atoms with Gasteiger partial charge >= 0.3 is 0 Å². The molecule has 2 aromatic rings. The Morgan fingerprint density at radius 1 is 1.13 bits per heavy atom. The summed E-state index contributed by atoms with van der Waals surface area (Å²) >= 11 is 0. The molecule has 0 aliphatic heterocycles. The first-order chi connectivity index (χ1) is 7.29. The van der Waals surface area contributed by atoms with Crippen LogP contribution >= 0.6 is 0 Å². The second-order valence-electron chi connectivity index (χ2n) is 3.54. The Morgan fingerprint density at radius 2 is 1.93 bits per heavy atom. The summed E-state index contributed by atoms with van der Waals surface area (Å²) in [7, 11) is 0. The van der Waals surface area contributed by atoms with E-state index in [1.165, 1.54) is 11.1 Å². The lowest BCUT2D eigenvalue weighted by Crippen LogP contribution is -1.89. The van der Waals surface area contributed by atoms with Crippen molar-refractivity contribution in [1.29, 1.82) is 0 Å². The van der Waals surface area contributed by atoms with E-state index in [-0.39, 0.29) is 0 Å². The molecule has 0 saturated carbocycles. The van der Waals surface area contributed by atoms with Gasteiger partial charge in [0.2, 0.25) is 0 Å². The maximum atomic E-state index is 4.12. The summed E-state index contributed by atoms with van der Waals surface area (Å²) in [5.41, 5.74) is 4.53. The predicted molar refractivity (Wildman–Crippen MR) is 63.6 cm³/mol. The van der Waals surface area contributed by atoms with Gasteiger partial charge < -0.3 is 0 Å². The van der Waals surface area contributed by atoms with Gasteiger partial charge in [0.15, 0.2) is 0 Å². The minimum Gasteiger partial charge on any atom is -0.264 e. The Morgan fingerprint density at radius 3 is 2.60 bits per heavy atom. The van der Waals surface area contributed by atoms with Gasteiger partial charge in [0.25, 0.3) is 0 Å². The maximum Gasteiger partial charge on any atom is 0.0346 e. The first-order valence-electron chi connectivity index (χ1n) is 4.94. The van der Waals surface area contributed by atoms with Crippen molar-refractivity contribution >= 4 is 5.57 Å². The standard InChI is InChI=1S/C14H13N/c1-11-6-3-4-8-14(11)12(2)13-7-5-9-15-10-13/h3-10H,2H2,1H3. The lowest BCUT2D eigenvalue weighted by molar-refractivity contribution is 1.30. The van der Waals surface area contributed by atoms with Crippen molar-refractivity contribution in [3.05, 3.63) is 72.1 Å². The molecule has 0 unspecified atom stereocenters. The van der Waals surface area contributed by atoms with Gasteiger partial charge in [0.05, 0.1) is 0 Å². The normalized spacial score (nSPS) is 9.93. The zero-order chi connectivity index (χ0) is 10.7. The Labute approximate surface area is 90.1 Å². The van der Waals surface area contributed by atoms with Gasteiger partial charge in [-0.15, -0.1) is 0 Å². The van der Waals surface area contributed by atoms with Crippen LogP contribution in [0.25, 0.3) is 5.57 Å². The highest BCUT2D eigenvalue weighted by atomic mass is 14.6. The number of aromatic nitrogens is 1. The molecule has 0 aliphatic rings. The Bertz CT molecular complexity index is 472. The maximum absolute atomic E-state index is 4.12. The van der Waals surface area contributed by atoms with E-state index in [2.05, 4.69) is 30.6 Å². The van der Waals surface area contributed by atoms with Crippen molar-refractivity contribution in [3.63, 3.8) is 0 Å². The average Bonchev–Trinajstić information content (AvgIpc) is 2.30. The van der Waals surface area contributed by atoms with E-state index in [1.54, 1.807) is 6.20 Å². The van der Waals surface area contributed by atoms with Crippen molar-refractivity contribution in [3.8, 4) is 0 Å². The highest BCUT2D eigenvalue weighted by molar-refractivity contribution is 5.79. The smallest absolute Gasteiger partial charge is 0.0346 e. The third-order valence-corrected chi connectivity index (χ3v) is 2.48. The van der Waals surface area contributed by atoms with Gasteiger partial charge in [-0.3, -0.25) is 4.98 Å². The van der Waals surface area contributed by atoms with Gasteiger partial charge in [0.1, 0.15) is 0 Å². The van der Waals surface area contributed by atoms with Crippen LogP contribution in [0.5, 0.6) is 0 Å². The third kappa shape index (κ3) is 1.96. The number of nitrogens with zero attached hydrogens (tertiary/aromatic N) is 1. The molecule has 1 heterocycles. The summed E-state index contributed by atoms with van der Waals surface area (Å²) in [6, 6.07) is 12.2. The molecule has 0 radical (unpaired) electrons. The monoisotopic (exact) mass is 195 g/mol. The summed E-state index contributed by atoms with van der Waals surface area (Å²) in [5, 5.41) is 0. The summed E-state index contributed by atoms with van der Waals surface area (Å²) in [6.45, 7) is 6.21. The van der Waals surface area contributed by atoms with E-state index in [9.17, 15) is 0 Å². The summed E-state index contributed by atoms with van der Waals surface area (Å²) in [4.78, 5) is 4.10. The van der Waals surface area contributed by atoms with E-state index < -0.39 is 0 Å². The second-order valence-corrected chi connectivity index (χ2v) is 3.54. The van der Waals surface area contributed by atoms with Crippen molar-refractivity contribution < 1.29 is 0 Å². The predicted octanol–water partition coefficient (Wildman–Crippen LogP) is 3.45. The molecule has 2 rings (SSSR count). The zero-order valence-electron chi connectivity index (χ0n) is 8.77. The molecule has 0 spiro atoms. The number of hydrogen-bond donors (Lipinski definition) is 0. The quantitative estimate of drug-likeness (QED) is 0.715. The number of hydrogen-bond acceptors (Lipinski definition) is 1. The molecular weight excluding hydrogens is 182 g/mol. The van der Waals surface area contributed by atoms with Crippen molar-refractivity contribution in [1.82, 2.24) is 4.98 Å². The SMILES string of the molecule is C=C(c1cccnc1)c1ccccc1C. The minimum atomic E-state index is 1.03. The van der Waals surface area contributed by atoms with Gasteiger partial charge in [-0.05, 0) is 29.7 Å². The van der Waals surface area contributed by atoms with Crippen LogP contribution in [-0.2, 0) is 0 Å². The van der Waals surface area contributed by atoms with Crippen LogP contribution in [0.4, 0.5) is 0 Å². The first kappa shape index (κ1) is 9.66. The Kier molecular flexibility index (Phi) is 2.64. The number of pyridine rings is 1. The van der Waals surface area contributed by atoms with E-state index in [0.717, 1.165) is 11.1 Å². The minimum absolute atomic E-state index is 1.03. The fraction of sp³-hybridized carbons (Fsp3) is 0.0714. The molecule has 0 fully saturated rings. The van der Waals surface area contributed by atoms with Crippen LogP contribution in [-0.4, -0.2) is 4.98 Å². The molecule has 0 amide bonds. The van der Waals surface area contributed by atoms with Crippen molar-refractivity contribution in [2.75, 3.05) is 0 Å². The highest BCUT2D eigenvalue weighted by Crippen LogP contribution is 2.23. The van der Waals surface area contributed by atoms with Crippen LogP contribution < -0.4 is 0 Å². The molecule has 1 aromatic heterocycles. The van der Waals surface area contributed by atoms with Crippen molar-refractivity contribution in [2.45, 2.75) is 6.92 Å². The molecule has 1 heteroatoms. The molecule has 1 nitrogen and oxygen atoms in total. The average molecular weight is 195 g/mol. The van der Waals surface area contributed by atoms with E-state index in [1.807, 2.05) is 30.5 Å². The van der Waals surface area contributed by atoms with E-state index in [4.69, 9.17) is 0 Å². The molecule has 0 saturated heterocycles. The lowest BCUT2D eigenvalue weighted by atomic mass is 9.97. The van der Waals surface area contributed by atoms with E-state index in [0.29, 0.717) is 0 Å². The zero-order valence-corrected chi connectivity index (χ0v) is 8.77. The molecule has 0 aliphatic carbocycles. The van der Waals surface area contributed by atoms with Gasteiger partial charge in [-0.25, -0.2) is 0 Å². The van der Waals surface area contributed by atoms with Crippen LogP contribution in [0.15, 0.2) is 55.4 Å². The van der Waals surface area contributed by atoms with Crippen LogP contribution in [0.1, 0.15) is 16.7 Å². The van der Waals surface area contributed by atoms with Crippen LogP contribution in [0, 0.1) is 6.92 Å². The highest BCUT2D eigenvalue weighted by Gasteiger charge is 2.03. The van der Waals surface area contributed by atoms with Gasteiger partial charge in [-0.1, -0.05) is 36.9 Å². The van der Waals surface area contributed by atoms with Gasteiger partial charge in [0, 0.05) is 18.0 Å². The fourth-order valence-corrected chi connectivity index (χ4v) is 1.61. The molecule has 0 N–H and O–H groups in total. The number of benzene rings is 1. The van der Waals surface area contributed by atoms with Crippen LogP contribution in [0.2, 0.25) is 0 Å². The molecule has 0 bridgehead atoms. The largest absolute Gasteiger partial charge is 0.264 e. The Balaban J connectivity index is 2.42. The molecule has 0 atom stereocenters. The summed E-state index contributed by atoms with van der Waals surface area (Å²) in [6.07, 6.45) is 3.61. The number of aryl methyl sites for hydroxylation is 1. The molecule has 15 heavy (non-hydrogen) atoms. The molecule has 1 aromatic carbocycles. The summed E-state index contributed by atoms with van der Waals surface area (Å²) < 4.78 is 0. The van der Waals surface area contributed by atoms with Crippen LogP contribution in [0.3, 0.4) is 0 Å². The third-order valence-electron chi connectivity index (χ3n) is 2.48. The first-order valence-corrected chi connectivity index (χ1v) is 4.94. The second kappa shape index (κ2) is 4.09. The van der Waals surface area contributed by atoms with E-state index >= 15 is 0 Å².